The molecule has 0 aromatic rings. The Balaban J connectivity index is 1.57. The van der Waals surface area contributed by atoms with Crippen LogP contribution in [0.4, 0.5) is 0 Å². The molecule has 46 heavy (non-hydrogen) atoms. The lowest BCUT2D eigenvalue weighted by molar-refractivity contribution is 0.0969. The van der Waals surface area contributed by atoms with E-state index in [2.05, 4.69) is 113 Å². The molecule has 0 spiro atoms. The Bertz CT molecular complexity index is 1190. The van der Waals surface area contributed by atoms with Gasteiger partial charge >= 0.3 is 0 Å². The average Bonchev–Trinajstić information content (AvgIpc) is 3.65. The van der Waals surface area contributed by atoms with E-state index in [4.69, 9.17) is 15.4 Å². The van der Waals surface area contributed by atoms with Crippen molar-refractivity contribution in [3.8, 4) is 0 Å². The maximum atomic E-state index is 10.9. The molecule has 0 bridgehead atoms. The van der Waals surface area contributed by atoms with Gasteiger partial charge in [0.05, 0.1) is 18.3 Å². The Labute approximate surface area is 287 Å². The van der Waals surface area contributed by atoms with Crippen LogP contribution >= 0.6 is 0 Å². The Morgan fingerprint density at radius 3 is 2.11 bits per heavy atom. The van der Waals surface area contributed by atoms with Gasteiger partial charge in [0, 0.05) is 6.42 Å². The molecule has 3 nitrogen and oxygen atoms in total. The van der Waals surface area contributed by atoms with Crippen molar-refractivity contribution in [2.24, 2.45) is 28.6 Å². The van der Waals surface area contributed by atoms with Gasteiger partial charge in [-0.15, -0.1) is 0 Å². The zero-order valence-corrected chi connectivity index (χ0v) is 34.3. The lowest BCUT2D eigenvalue weighted by atomic mass is 9.61. The second kappa shape index (κ2) is 13.5. The Kier molecular flexibility index (Phi) is 11.2. The summed E-state index contributed by atoms with van der Waals surface area (Å²) in [6.07, 6.45) is 21.0. The van der Waals surface area contributed by atoms with Crippen molar-refractivity contribution in [2.45, 2.75) is 181 Å². The minimum atomic E-state index is -1.98. The largest absolute Gasteiger partial charge is 0.413 e. The molecule has 4 aliphatic carbocycles. The van der Waals surface area contributed by atoms with Crippen molar-refractivity contribution in [3.63, 3.8) is 0 Å². The molecule has 0 heterocycles. The standard InChI is InChI=1S/C41H72O3Si2/c1-15-41(25-26-41)37(42)23-18-29(2)34-21-22-35-31(17-16-24-40(34,35)10)19-20-32-27-33(43-45(11,12)38(4,5)6)28-36(30(32)3)44-46(13,14)39(7,8)9/h18-20,23,29,33-37,42H,3,15-17,21-22,24-28H2,1-2,4-14H3/b23-18+,31-19+,32-20-/t29-,33-,34-,35+,36+,37-,40-/m1/s1. The van der Waals surface area contributed by atoms with Crippen LogP contribution in [0, 0.1) is 28.6 Å². The van der Waals surface area contributed by atoms with Gasteiger partial charge in [-0.1, -0.05) is 98.8 Å². The Morgan fingerprint density at radius 2 is 1.54 bits per heavy atom. The number of aliphatic hydroxyl groups excluding tert-OH is 1. The molecule has 0 aromatic heterocycles. The summed E-state index contributed by atoms with van der Waals surface area (Å²) in [5, 5.41) is 11.2. The highest BCUT2D eigenvalue weighted by molar-refractivity contribution is 6.74. The van der Waals surface area contributed by atoms with Gasteiger partial charge in [-0.3, -0.25) is 0 Å². The third-order valence-electron chi connectivity index (χ3n) is 14.2. The van der Waals surface area contributed by atoms with Crippen molar-refractivity contribution < 1.29 is 14.0 Å². The quantitative estimate of drug-likeness (QED) is 0.186. The molecule has 0 unspecified atom stereocenters. The van der Waals surface area contributed by atoms with E-state index in [1.54, 1.807) is 5.57 Å². The van der Waals surface area contributed by atoms with Crippen molar-refractivity contribution in [1.29, 1.82) is 0 Å². The number of rotatable bonds is 10. The lowest BCUT2D eigenvalue weighted by Gasteiger charge is -2.45. The molecule has 0 radical (unpaired) electrons. The van der Waals surface area contributed by atoms with Crippen molar-refractivity contribution in [2.75, 3.05) is 0 Å². The normalized spacial score (nSPS) is 33.9. The van der Waals surface area contributed by atoms with Gasteiger partial charge < -0.3 is 14.0 Å². The molecule has 0 amide bonds. The fourth-order valence-electron chi connectivity index (χ4n) is 8.55. The zero-order chi connectivity index (χ0) is 34.5. The first-order chi connectivity index (χ1) is 21.1. The summed E-state index contributed by atoms with van der Waals surface area (Å²) in [5.41, 5.74) is 4.65. The first kappa shape index (κ1) is 38.1. The molecule has 0 aliphatic heterocycles. The topological polar surface area (TPSA) is 38.7 Å². The van der Waals surface area contributed by atoms with Gasteiger partial charge in [-0.2, -0.15) is 0 Å². The van der Waals surface area contributed by atoms with E-state index < -0.39 is 16.6 Å². The summed E-state index contributed by atoms with van der Waals surface area (Å²) < 4.78 is 14.2. The van der Waals surface area contributed by atoms with E-state index >= 15 is 0 Å². The van der Waals surface area contributed by atoms with Crippen LogP contribution in [-0.4, -0.2) is 40.1 Å². The van der Waals surface area contributed by atoms with Crippen LogP contribution in [-0.2, 0) is 8.85 Å². The smallest absolute Gasteiger partial charge is 0.192 e. The number of aliphatic hydroxyl groups is 1. The first-order valence-corrected chi connectivity index (χ1v) is 24.7. The van der Waals surface area contributed by atoms with E-state index in [0.29, 0.717) is 23.2 Å². The van der Waals surface area contributed by atoms with Crippen LogP contribution in [0.3, 0.4) is 0 Å². The highest BCUT2D eigenvalue weighted by Crippen LogP contribution is 2.60. The predicted molar refractivity (Wildman–Crippen MR) is 203 cm³/mol. The third kappa shape index (κ3) is 7.85. The van der Waals surface area contributed by atoms with Crippen molar-refractivity contribution >= 4 is 16.6 Å². The zero-order valence-electron chi connectivity index (χ0n) is 32.3. The number of fused-ring (bicyclic) bond motifs is 1. The molecule has 5 heteroatoms. The van der Waals surface area contributed by atoms with Crippen LogP contribution in [0.2, 0.25) is 36.3 Å². The summed E-state index contributed by atoms with van der Waals surface area (Å²) in [6.45, 7) is 35.4. The van der Waals surface area contributed by atoms with E-state index in [1.807, 2.05) is 0 Å². The summed E-state index contributed by atoms with van der Waals surface area (Å²) in [4.78, 5) is 0. The van der Waals surface area contributed by atoms with Crippen LogP contribution < -0.4 is 0 Å². The van der Waals surface area contributed by atoms with Gasteiger partial charge in [-0.25, -0.2) is 0 Å². The fraction of sp³-hybridized carbons (Fsp3) is 0.805. The molecule has 0 saturated heterocycles. The molecular formula is C41H72O3Si2. The molecule has 4 aliphatic rings. The molecule has 262 valence electrons. The lowest BCUT2D eigenvalue weighted by Crippen LogP contribution is -2.49. The molecule has 7 atom stereocenters. The monoisotopic (exact) mass is 669 g/mol. The Hall–Kier alpha value is -0.726. The maximum Gasteiger partial charge on any atom is 0.192 e. The number of hydrogen-bond acceptors (Lipinski definition) is 3. The van der Waals surface area contributed by atoms with Crippen LogP contribution in [0.5, 0.6) is 0 Å². The number of hydrogen-bond donors (Lipinski definition) is 1. The van der Waals surface area contributed by atoms with Gasteiger partial charge in [-0.05, 0) is 134 Å². The summed E-state index contributed by atoms with van der Waals surface area (Å²) in [5.74, 6) is 1.81. The van der Waals surface area contributed by atoms with Gasteiger partial charge in [0.15, 0.2) is 16.6 Å². The molecule has 4 saturated carbocycles. The first-order valence-electron chi connectivity index (χ1n) is 18.9. The van der Waals surface area contributed by atoms with E-state index in [0.717, 1.165) is 19.3 Å². The predicted octanol–water partition coefficient (Wildman–Crippen LogP) is 11.9. The second-order valence-electron chi connectivity index (χ2n) is 19.3. The van der Waals surface area contributed by atoms with E-state index in [1.165, 1.54) is 56.1 Å². The van der Waals surface area contributed by atoms with Crippen LogP contribution in [0.1, 0.15) is 127 Å². The fourth-order valence-corrected chi connectivity index (χ4v) is 11.2. The molecular weight excluding hydrogens is 597 g/mol. The Morgan fingerprint density at radius 1 is 0.935 bits per heavy atom. The molecule has 4 fully saturated rings. The third-order valence-corrected chi connectivity index (χ3v) is 23.2. The summed E-state index contributed by atoms with van der Waals surface area (Å²) in [7, 11) is -3.91. The summed E-state index contributed by atoms with van der Waals surface area (Å²) in [6, 6.07) is 0. The molecule has 1 N–H and O–H groups in total. The van der Waals surface area contributed by atoms with Crippen LogP contribution in [0.15, 0.2) is 47.6 Å². The minimum absolute atomic E-state index is 0.0204. The number of allylic oxidation sites excluding steroid dienone is 4. The van der Waals surface area contributed by atoms with E-state index in [-0.39, 0.29) is 33.8 Å². The maximum absolute atomic E-state index is 10.9. The SMILES string of the molecule is C=C1/C(=C\C=C2/CCC[C@]3(C)[C@@H]([C@H](C)/C=C/[C@@H](O)C4(CC)CC4)CC[C@@H]23)C[C@@H](O[Si](C)(C)C(C)(C)C)C[C@@H]1O[Si](C)(C)C(C)(C)C. The molecule has 0 aromatic carbocycles. The highest BCUT2D eigenvalue weighted by Gasteiger charge is 2.51. The van der Waals surface area contributed by atoms with Crippen molar-refractivity contribution in [3.05, 3.63) is 47.6 Å². The van der Waals surface area contributed by atoms with Gasteiger partial charge in [0.1, 0.15) is 0 Å². The van der Waals surface area contributed by atoms with Crippen LogP contribution in [0.25, 0.3) is 0 Å². The van der Waals surface area contributed by atoms with E-state index in [9.17, 15) is 5.11 Å². The minimum Gasteiger partial charge on any atom is -0.413 e. The van der Waals surface area contributed by atoms with Crippen molar-refractivity contribution in [1.82, 2.24) is 0 Å². The summed E-state index contributed by atoms with van der Waals surface area (Å²) >= 11 is 0. The highest BCUT2D eigenvalue weighted by atomic mass is 28.4. The molecule has 4 rings (SSSR count). The second-order valence-corrected chi connectivity index (χ2v) is 28.8. The van der Waals surface area contributed by atoms with Gasteiger partial charge in [0.25, 0.3) is 0 Å². The van der Waals surface area contributed by atoms with Gasteiger partial charge in [0.2, 0.25) is 0 Å². The average molecular weight is 669 g/mol.